The molecular formula is C25H24N2O5. The smallest absolute Gasteiger partial charge is 0.333 e. The lowest BCUT2D eigenvalue weighted by Crippen LogP contribution is -2.41. The van der Waals surface area contributed by atoms with Crippen molar-refractivity contribution in [3.05, 3.63) is 83.4 Å². The molecule has 0 amide bonds. The largest absolute Gasteiger partial charge is 0.493 e. The van der Waals surface area contributed by atoms with Crippen LogP contribution in [0.2, 0.25) is 0 Å². The Balaban J connectivity index is 2.06. The van der Waals surface area contributed by atoms with Crippen molar-refractivity contribution in [2.45, 2.75) is 19.1 Å². The number of rotatable bonds is 9. The molecule has 3 aromatic rings. The van der Waals surface area contributed by atoms with Gasteiger partial charge in [-0.1, -0.05) is 30.3 Å². The van der Waals surface area contributed by atoms with Gasteiger partial charge in [-0.05, 0) is 42.8 Å². The van der Waals surface area contributed by atoms with E-state index in [1.807, 2.05) is 36.4 Å². The predicted molar refractivity (Wildman–Crippen MR) is 120 cm³/mol. The quantitative estimate of drug-likeness (QED) is 0.511. The SMILES string of the molecule is COc1cc(OCc2ccccc2)c(C(C)(Nc2ccc(C#N)cc2)C(=O)O)cc1OC. The third-order valence-corrected chi connectivity index (χ3v) is 5.10. The van der Waals surface area contributed by atoms with E-state index < -0.39 is 11.5 Å². The van der Waals surface area contributed by atoms with E-state index in [-0.39, 0.29) is 6.61 Å². The zero-order valence-corrected chi connectivity index (χ0v) is 18.1. The average molecular weight is 432 g/mol. The lowest BCUT2D eigenvalue weighted by atomic mass is 9.90. The molecule has 1 atom stereocenters. The Hall–Kier alpha value is -4.18. The Morgan fingerprint density at radius 1 is 1.00 bits per heavy atom. The second kappa shape index (κ2) is 9.75. The van der Waals surface area contributed by atoms with Gasteiger partial charge < -0.3 is 24.6 Å². The fraction of sp³-hybridized carbons (Fsp3) is 0.200. The van der Waals surface area contributed by atoms with Crippen molar-refractivity contribution in [3.8, 4) is 23.3 Å². The van der Waals surface area contributed by atoms with Gasteiger partial charge in [-0.15, -0.1) is 0 Å². The summed E-state index contributed by atoms with van der Waals surface area (Å²) >= 11 is 0. The van der Waals surface area contributed by atoms with E-state index in [4.69, 9.17) is 19.5 Å². The number of carboxylic acids is 1. The maximum Gasteiger partial charge on any atom is 0.333 e. The van der Waals surface area contributed by atoms with Crippen molar-refractivity contribution in [2.24, 2.45) is 0 Å². The van der Waals surface area contributed by atoms with E-state index in [1.54, 1.807) is 43.3 Å². The van der Waals surface area contributed by atoms with Crippen LogP contribution in [0, 0.1) is 11.3 Å². The molecule has 0 spiro atoms. The summed E-state index contributed by atoms with van der Waals surface area (Å²) in [5.74, 6) is 0.0327. The van der Waals surface area contributed by atoms with E-state index in [2.05, 4.69) is 5.32 Å². The molecule has 0 saturated heterocycles. The minimum Gasteiger partial charge on any atom is -0.493 e. The van der Waals surface area contributed by atoms with E-state index in [9.17, 15) is 9.90 Å². The Morgan fingerprint density at radius 3 is 2.19 bits per heavy atom. The fourth-order valence-corrected chi connectivity index (χ4v) is 3.26. The van der Waals surface area contributed by atoms with Gasteiger partial charge in [-0.25, -0.2) is 4.79 Å². The number of nitriles is 1. The summed E-state index contributed by atoms with van der Waals surface area (Å²) in [5.41, 5.74) is 0.747. The highest BCUT2D eigenvalue weighted by molar-refractivity contribution is 5.85. The van der Waals surface area contributed by atoms with Gasteiger partial charge in [0.1, 0.15) is 12.4 Å². The van der Waals surface area contributed by atoms with Crippen molar-refractivity contribution in [3.63, 3.8) is 0 Å². The maximum atomic E-state index is 12.5. The Labute approximate surface area is 186 Å². The minimum absolute atomic E-state index is 0.246. The summed E-state index contributed by atoms with van der Waals surface area (Å²) in [6.45, 7) is 1.79. The van der Waals surface area contributed by atoms with Gasteiger partial charge >= 0.3 is 5.97 Å². The van der Waals surface area contributed by atoms with Crippen LogP contribution < -0.4 is 19.5 Å². The van der Waals surface area contributed by atoms with Crippen LogP contribution in [-0.2, 0) is 16.9 Å². The van der Waals surface area contributed by atoms with Crippen molar-refractivity contribution in [1.82, 2.24) is 0 Å². The molecule has 164 valence electrons. The summed E-state index contributed by atoms with van der Waals surface area (Å²) < 4.78 is 16.9. The van der Waals surface area contributed by atoms with Gasteiger partial charge in [-0.3, -0.25) is 0 Å². The lowest BCUT2D eigenvalue weighted by Gasteiger charge is -2.30. The first kappa shape index (κ1) is 22.5. The summed E-state index contributed by atoms with van der Waals surface area (Å²) in [5, 5.41) is 22.3. The third-order valence-electron chi connectivity index (χ3n) is 5.10. The number of aliphatic carboxylic acids is 1. The van der Waals surface area contributed by atoms with E-state index >= 15 is 0 Å². The first-order valence-electron chi connectivity index (χ1n) is 9.86. The zero-order chi connectivity index (χ0) is 23.1. The summed E-state index contributed by atoms with van der Waals surface area (Å²) in [6.07, 6.45) is 0. The molecule has 0 fully saturated rings. The van der Waals surface area contributed by atoms with Crippen LogP contribution in [0.25, 0.3) is 0 Å². The minimum atomic E-state index is -1.57. The summed E-state index contributed by atoms with van der Waals surface area (Å²) in [6, 6.07) is 21.4. The standard InChI is InChI=1S/C25H24N2O5/c1-25(24(28)29,27-19-11-9-17(15-26)10-12-19)20-13-22(30-2)23(31-3)14-21(20)32-16-18-7-5-4-6-8-18/h4-14,27H,16H2,1-3H3,(H,28,29). The highest BCUT2D eigenvalue weighted by Crippen LogP contribution is 2.41. The van der Waals surface area contributed by atoms with Crippen LogP contribution in [0.15, 0.2) is 66.7 Å². The molecule has 0 radical (unpaired) electrons. The van der Waals surface area contributed by atoms with Crippen molar-refractivity contribution in [1.29, 1.82) is 5.26 Å². The number of nitrogens with zero attached hydrogens (tertiary/aromatic N) is 1. The van der Waals surface area contributed by atoms with Crippen molar-refractivity contribution >= 4 is 11.7 Å². The molecule has 1 unspecified atom stereocenters. The molecule has 0 aliphatic rings. The van der Waals surface area contributed by atoms with Gasteiger partial charge in [-0.2, -0.15) is 5.26 Å². The van der Waals surface area contributed by atoms with Crippen LogP contribution >= 0.6 is 0 Å². The molecule has 3 rings (SSSR count). The molecule has 0 aromatic heterocycles. The molecule has 3 aromatic carbocycles. The van der Waals surface area contributed by atoms with Crippen LogP contribution in [0.3, 0.4) is 0 Å². The summed E-state index contributed by atoms with van der Waals surface area (Å²) in [4.78, 5) is 12.5. The molecule has 0 aliphatic carbocycles. The van der Waals surface area contributed by atoms with Crippen molar-refractivity contribution < 1.29 is 24.1 Å². The Morgan fingerprint density at radius 2 is 1.62 bits per heavy atom. The average Bonchev–Trinajstić information content (AvgIpc) is 2.83. The number of anilines is 1. The molecule has 2 N–H and O–H groups in total. The number of hydrogen-bond donors (Lipinski definition) is 2. The fourth-order valence-electron chi connectivity index (χ4n) is 3.26. The summed E-state index contributed by atoms with van der Waals surface area (Å²) in [7, 11) is 2.99. The first-order chi connectivity index (χ1) is 15.4. The van der Waals surface area contributed by atoms with Gasteiger partial charge in [0.2, 0.25) is 0 Å². The zero-order valence-electron chi connectivity index (χ0n) is 18.1. The molecule has 0 aliphatic heterocycles. The second-order valence-corrected chi connectivity index (χ2v) is 7.22. The number of benzene rings is 3. The topological polar surface area (TPSA) is 101 Å². The van der Waals surface area contributed by atoms with Crippen molar-refractivity contribution in [2.75, 3.05) is 19.5 Å². The van der Waals surface area contributed by atoms with E-state index in [0.717, 1.165) is 5.56 Å². The van der Waals surface area contributed by atoms with Gasteiger partial charge in [0.25, 0.3) is 0 Å². The van der Waals surface area contributed by atoms with E-state index in [0.29, 0.717) is 34.1 Å². The van der Waals surface area contributed by atoms with Crippen LogP contribution in [0.5, 0.6) is 17.2 Å². The molecule has 7 heteroatoms. The van der Waals surface area contributed by atoms with E-state index in [1.165, 1.54) is 14.2 Å². The number of hydrogen-bond acceptors (Lipinski definition) is 6. The van der Waals surface area contributed by atoms with Gasteiger partial charge in [0.15, 0.2) is 17.0 Å². The number of ether oxygens (including phenoxy) is 3. The van der Waals surface area contributed by atoms with Crippen LogP contribution in [-0.4, -0.2) is 25.3 Å². The molecule has 0 saturated carbocycles. The molecule has 0 heterocycles. The Bertz CT molecular complexity index is 1120. The highest BCUT2D eigenvalue weighted by atomic mass is 16.5. The lowest BCUT2D eigenvalue weighted by molar-refractivity contribution is -0.142. The molecular weight excluding hydrogens is 408 g/mol. The maximum absolute atomic E-state index is 12.5. The van der Waals surface area contributed by atoms with Gasteiger partial charge in [0, 0.05) is 17.3 Å². The Kier molecular flexibility index (Phi) is 6.86. The molecule has 0 bridgehead atoms. The number of carbonyl (C=O) groups is 1. The number of methoxy groups -OCH3 is 2. The molecule has 7 nitrogen and oxygen atoms in total. The second-order valence-electron chi connectivity index (χ2n) is 7.22. The molecule has 32 heavy (non-hydrogen) atoms. The van der Waals surface area contributed by atoms with Crippen LogP contribution in [0.4, 0.5) is 5.69 Å². The monoisotopic (exact) mass is 432 g/mol. The normalized spacial score (nSPS) is 12.2. The number of carboxylic acid groups (broad SMARTS) is 1. The number of nitrogens with one attached hydrogen (secondary N) is 1. The van der Waals surface area contributed by atoms with Gasteiger partial charge in [0.05, 0.1) is 25.9 Å². The van der Waals surface area contributed by atoms with Crippen LogP contribution in [0.1, 0.15) is 23.6 Å². The third kappa shape index (κ3) is 4.76. The highest BCUT2D eigenvalue weighted by Gasteiger charge is 2.39. The first-order valence-corrected chi connectivity index (χ1v) is 9.86. The predicted octanol–water partition coefficient (Wildman–Crippen LogP) is 4.57.